The van der Waals surface area contributed by atoms with Gasteiger partial charge >= 0.3 is 0 Å². The van der Waals surface area contributed by atoms with Gasteiger partial charge in [0.1, 0.15) is 23.3 Å². The number of hydrogen-bond donors (Lipinski definition) is 0. The van der Waals surface area contributed by atoms with Crippen LogP contribution in [0.2, 0.25) is 0 Å². The summed E-state index contributed by atoms with van der Waals surface area (Å²) in [7, 11) is 0. The lowest BCUT2D eigenvalue weighted by Gasteiger charge is -2.34. The summed E-state index contributed by atoms with van der Waals surface area (Å²) < 4.78 is 0. The van der Waals surface area contributed by atoms with Crippen LogP contribution < -0.4 is 9.80 Å². The molecule has 85 heavy (non-hydrogen) atoms. The Morgan fingerprint density at radius 1 is 0.271 bits per heavy atom. The van der Waals surface area contributed by atoms with E-state index in [1.54, 1.807) is 0 Å². The van der Waals surface area contributed by atoms with E-state index in [1.165, 1.54) is 77.9 Å². The highest BCUT2D eigenvalue weighted by Gasteiger charge is 2.46. The van der Waals surface area contributed by atoms with Crippen molar-refractivity contribution in [3.05, 3.63) is 334 Å². The van der Waals surface area contributed by atoms with Gasteiger partial charge in [0.05, 0.1) is 5.41 Å². The number of benzene rings is 8. The van der Waals surface area contributed by atoms with Crippen LogP contribution in [0.25, 0.3) is 57.7 Å². The molecule has 0 unspecified atom stereocenters. The van der Waals surface area contributed by atoms with Gasteiger partial charge in [-0.05, 0) is 185 Å². The zero-order valence-electron chi connectivity index (χ0n) is 47.9. The molecule has 4 heterocycles. The summed E-state index contributed by atoms with van der Waals surface area (Å²) >= 11 is 0. The highest BCUT2D eigenvalue weighted by molar-refractivity contribution is 5.91. The van der Waals surface area contributed by atoms with Crippen molar-refractivity contribution in [2.24, 2.45) is 0 Å². The maximum Gasteiger partial charge on any atom is 0.138 e. The molecule has 0 radical (unpaired) electrons. The van der Waals surface area contributed by atoms with Gasteiger partial charge in [-0.15, -0.1) is 0 Å². The summed E-state index contributed by atoms with van der Waals surface area (Å²) in [6.45, 7) is 9.38. The molecule has 4 aromatic heterocycles. The average Bonchev–Trinajstić information content (AvgIpc) is 1.62. The topological polar surface area (TPSA) is 58.0 Å². The van der Waals surface area contributed by atoms with Gasteiger partial charge in [0.25, 0.3) is 0 Å². The van der Waals surface area contributed by atoms with Crippen LogP contribution in [0.3, 0.4) is 0 Å². The fraction of sp³-hybridized carbons (Fsp3) is 0.0886. The lowest BCUT2D eigenvalue weighted by atomic mass is 9.67. The van der Waals surface area contributed by atoms with E-state index < -0.39 is 5.41 Å². The molecule has 0 fully saturated rings. The predicted octanol–water partition coefficient (Wildman–Crippen LogP) is 19.5. The van der Waals surface area contributed by atoms with E-state index in [9.17, 15) is 0 Å². The third kappa shape index (κ3) is 8.54. The molecule has 0 N–H and O–H groups in total. The zero-order valence-corrected chi connectivity index (χ0v) is 47.9. The largest absolute Gasteiger partial charge is 0.279 e. The van der Waals surface area contributed by atoms with Gasteiger partial charge in [0.2, 0.25) is 0 Å². The zero-order chi connectivity index (χ0) is 57.3. The molecule has 0 amide bonds. The molecule has 0 bridgehead atoms. The Labute approximate surface area is 497 Å². The fourth-order valence-electron chi connectivity index (χ4n) is 13.8. The van der Waals surface area contributed by atoms with Gasteiger partial charge in [-0.1, -0.05) is 210 Å². The second kappa shape index (κ2) is 20.4. The van der Waals surface area contributed by atoms with Crippen LogP contribution in [0.15, 0.2) is 267 Å². The normalized spacial score (nSPS) is 14.3. The third-order valence-electron chi connectivity index (χ3n) is 17.9. The third-order valence-corrected chi connectivity index (χ3v) is 17.9. The Hall–Kier alpha value is -10.6. The SMILES string of the molecule is CC1(C)c2cc(C=Cc3ccc4c(c3)C(c3ccccc3)(c3ccccc3)c3cc(C=Cc5ccc6c(c5)C(C)(C)c5cc(N(c7ccccn7)c7ccccn7)ccc5-6)ccc3-4)ccc2-c2ccc(N(c3ccccn3)c3ccccn3)cc21. The quantitative estimate of drug-likeness (QED) is 0.114. The minimum atomic E-state index is -0.573. The van der Waals surface area contributed by atoms with Crippen LogP contribution in [0.4, 0.5) is 34.6 Å². The average molecular weight is 1090 g/mol. The van der Waals surface area contributed by atoms with E-state index in [0.29, 0.717) is 0 Å². The highest BCUT2D eigenvalue weighted by Crippen LogP contribution is 2.58. The summed E-state index contributed by atoms with van der Waals surface area (Å²) in [6.07, 6.45) is 16.5. The fourth-order valence-corrected chi connectivity index (χ4v) is 13.8. The Morgan fingerprint density at radius 3 is 0.847 bits per heavy atom. The number of nitrogens with zero attached hydrogens (tertiary/aromatic N) is 6. The van der Waals surface area contributed by atoms with Crippen LogP contribution in [-0.4, -0.2) is 19.9 Å². The van der Waals surface area contributed by atoms with Gasteiger partial charge < -0.3 is 0 Å². The molecule has 6 heteroatoms. The molecular formula is C79H60N6. The van der Waals surface area contributed by atoms with Crippen LogP contribution in [0.1, 0.15) is 94.5 Å². The van der Waals surface area contributed by atoms with Crippen molar-refractivity contribution in [1.29, 1.82) is 0 Å². The summed E-state index contributed by atoms with van der Waals surface area (Å²) in [5.41, 5.74) is 23.4. The standard InChI is InChI=1S/C79H60N6/c1-77(2)67-47-53(31-37-61(67)63-41-35-59(51-69(63)77)84(73-23-11-15-43-80-73)74-24-12-16-44-81-74)27-29-55-33-39-65-66-40-34-56(50-72(66)79(71(65)49-55,57-19-7-5-8-20-57)58-21-9-6-10-22-58)30-28-54-32-38-62-64-42-36-60(52-70(64)78(3,4)68(62)48-54)85(75-25-13-17-45-82-75)76-26-14-18-46-83-76/h5-52H,1-4H3. The lowest BCUT2D eigenvalue weighted by Crippen LogP contribution is -2.28. The molecule has 0 saturated carbocycles. The van der Waals surface area contributed by atoms with Crippen molar-refractivity contribution in [3.8, 4) is 33.4 Å². The number of hydrogen-bond acceptors (Lipinski definition) is 6. The Morgan fingerprint density at radius 2 is 0.541 bits per heavy atom. The molecular weight excluding hydrogens is 1030 g/mol. The molecule has 6 nitrogen and oxygen atoms in total. The molecule has 0 aliphatic heterocycles. The first-order valence-electron chi connectivity index (χ1n) is 29.2. The minimum Gasteiger partial charge on any atom is -0.279 e. The van der Waals surface area contributed by atoms with Crippen LogP contribution in [-0.2, 0) is 16.2 Å². The molecule has 12 aromatic rings. The highest BCUT2D eigenvalue weighted by atomic mass is 15.2. The maximum absolute atomic E-state index is 4.75. The number of fused-ring (bicyclic) bond motifs is 9. The molecule has 0 spiro atoms. The van der Waals surface area contributed by atoms with E-state index in [4.69, 9.17) is 19.9 Å². The van der Waals surface area contributed by atoms with Crippen molar-refractivity contribution in [3.63, 3.8) is 0 Å². The Bertz CT molecular complexity index is 4200. The summed E-state index contributed by atoms with van der Waals surface area (Å²) in [5, 5.41) is 0. The maximum atomic E-state index is 4.75. The monoisotopic (exact) mass is 1090 g/mol. The van der Waals surface area contributed by atoms with Crippen molar-refractivity contribution in [2.75, 3.05) is 9.80 Å². The molecule has 406 valence electrons. The first kappa shape index (κ1) is 51.3. The van der Waals surface area contributed by atoms with Crippen molar-refractivity contribution < 1.29 is 0 Å². The lowest BCUT2D eigenvalue weighted by molar-refractivity contribution is 0.660. The number of rotatable bonds is 12. The first-order chi connectivity index (χ1) is 41.6. The van der Waals surface area contributed by atoms with E-state index in [2.05, 4.69) is 232 Å². The van der Waals surface area contributed by atoms with Crippen LogP contribution >= 0.6 is 0 Å². The van der Waals surface area contributed by atoms with Gasteiger partial charge in [-0.25, -0.2) is 19.9 Å². The number of anilines is 6. The van der Waals surface area contributed by atoms with E-state index in [-0.39, 0.29) is 10.8 Å². The molecule has 0 saturated heterocycles. The van der Waals surface area contributed by atoms with E-state index in [0.717, 1.165) is 56.9 Å². The minimum absolute atomic E-state index is 0.245. The summed E-state index contributed by atoms with van der Waals surface area (Å²) in [6, 6.07) is 87.9. The van der Waals surface area contributed by atoms with Crippen LogP contribution in [0, 0.1) is 0 Å². The van der Waals surface area contributed by atoms with Gasteiger partial charge in [0.15, 0.2) is 0 Å². The van der Waals surface area contributed by atoms with Crippen molar-refractivity contribution in [2.45, 2.75) is 43.9 Å². The molecule has 15 rings (SSSR count). The van der Waals surface area contributed by atoms with Gasteiger partial charge in [0, 0.05) is 47.0 Å². The summed E-state index contributed by atoms with van der Waals surface area (Å²) in [4.78, 5) is 23.3. The van der Waals surface area contributed by atoms with Crippen LogP contribution in [0.5, 0.6) is 0 Å². The Kier molecular flexibility index (Phi) is 12.3. The first-order valence-corrected chi connectivity index (χ1v) is 29.2. The second-order valence-corrected chi connectivity index (χ2v) is 23.5. The van der Waals surface area contributed by atoms with Crippen molar-refractivity contribution in [1.82, 2.24) is 19.9 Å². The molecule has 3 aliphatic rings. The Balaban J connectivity index is 0.751. The molecule has 8 aromatic carbocycles. The summed E-state index contributed by atoms with van der Waals surface area (Å²) in [5.74, 6) is 3.30. The van der Waals surface area contributed by atoms with E-state index >= 15 is 0 Å². The second-order valence-electron chi connectivity index (χ2n) is 23.5. The number of pyridine rings is 4. The smallest absolute Gasteiger partial charge is 0.138 e. The van der Waals surface area contributed by atoms with Crippen molar-refractivity contribution >= 4 is 59.0 Å². The molecule has 3 aliphatic carbocycles. The van der Waals surface area contributed by atoms with E-state index in [1.807, 2.05) is 97.6 Å². The predicted molar refractivity (Wildman–Crippen MR) is 350 cm³/mol. The van der Waals surface area contributed by atoms with Gasteiger partial charge in [-0.3, -0.25) is 9.80 Å². The molecule has 0 atom stereocenters. The number of aromatic nitrogens is 4. The van der Waals surface area contributed by atoms with Gasteiger partial charge in [-0.2, -0.15) is 0 Å².